The topological polar surface area (TPSA) is 67.6 Å². The quantitative estimate of drug-likeness (QED) is 0.553. The Morgan fingerprint density at radius 2 is 1.90 bits per heavy atom. The summed E-state index contributed by atoms with van der Waals surface area (Å²) in [6.07, 6.45) is 4.46. The third-order valence-corrected chi connectivity index (χ3v) is 7.43. The first-order chi connectivity index (χ1) is 14.3. The Morgan fingerprint density at radius 3 is 2.63 bits per heavy atom. The van der Waals surface area contributed by atoms with E-state index < -0.39 is 21.7 Å². The number of hydrogen-bond donors (Lipinski definition) is 0. The van der Waals surface area contributed by atoms with Gasteiger partial charge in [0.25, 0.3) is 10.0 Å². The number of carbonyl (C=O) groups is 1. The van der Waals surface area contributed by atoms with Gasteiger partial charge in [-0.25, -0.2) is 17.1 Å². The summed E-state index contributed by atoms with van der Waals surface area (Å²) in [5.41, 5.74) is 2.32. The fraction of sp³-hybridized carbons (Fsp3) is 0.348. The molecule has 1 aromatic heterocycles. The van der Waals surface area contributed by atoms with Crippen LogP contribution in [0.1, 0.15) is 49.5 Å². The molecule has 5 nitrogen and oxygen atoms in total. The van der Waals surface area contributed by atoms with Gasteiger partial charge in [-0.05, 0) is 74.6 Å². The lowest BCUT2D eigenvalue weighted by Gasteiger charge is -2.23. The van der Waals surface area contributed by atoms with Crippen LogP contribution in [0.5, 0.6) is 0 Å². The summed E-state index contributed by atoms with van der Waals surface area (Å²) in [6.45, 7) is 3.34. The first-order valence-electron chi connectivity index (χ1n) is 10.2. The van der Waals surface area contributed by atoms with Gasteiger partial charge in [-0.3, -0.25) is 4.79 Å². The second-order valence-corrected chi connectivity index (χ2v) is 9.47. The molecule has 30 heavy (non-hydrogen) atoms. The Hall–Kier alpha value is -2.67. The largest absolute Gasteiger partial charge is 0.461 e. The van der Waals surface area contributed by atoms with E-state index >= 15 is 0 Å². The number of aryl methyl sites for hydroxylation is 3. The van der Waals surface area contributed by atoms with Gasteiger partial charge in [-0.1, -0.05) is 6.92 Å². The highest BCUT2D eigenvalue weighted by Gasteiger charge is 2.32. The lowest BCUT2D eigenvalue weighted by atomic mass is 9.96. The van der Waals surface area contributed by atoms with Crippen LogP contribution in [-0.4, -0.2) is 14.3 Å². The number of fused-ring (bicyclic) bond motifs is 3. The van der Waals surface area contributed by atoms with Gasteiger partial charge in [0, 0.05) is 23.8 Å². The van der Waals surface area contributed by atoms with Crippen LogP contribution in [0.2, 0.25) is 0 Å². The number of halogens is 1. The summed E-state index contributed by atoms with van der Waals surface area (Å²) in [5.74, 6) is -0.0978. The smallest absolute Gasteiger partial charge is 0.271 e. The molecule has 3 aromatic rings. The minimum Gasteiger partial charge on any atom is -0.461 e. The number of hydrogen-bond acceptors (Lipinski definition) is 4. The lowest BCUT2D eigenvalue weighted by Crippen LogP contribution is -2.37. The van der Waals surface area contributed by atoms with Crippen molar-refractivity contribution >= 4 is 32.6 Å². The molecular weight excluding hydrogens is 405 g/mol. The van der Waals surface area contributed by atoms with Gasteiger partial charge in [0.15, 0.2) is 0 Å². The molecule has 0 atom stereocenters. The van der Waals surface area contributed by atoms with E-state index in [-0.39, 0.29) is 22.6 Å². The molecular formula is C23H24FNO4S. The van der Waals surface area contributed by atoms with Gasteiger partial charge in [0.05, 0.1) is 10.6 Å². The molecule has 0 saturated heterocycles. The Labute approximate surface area is 175 Å². The molecule has 2 aromatic carbocycles. The Bertz CT molecular complexity index is 1230. The number of nitrogens with zero attached hydrogens (tertiary/aromatic N) is 1. The second-order valence-electron chi connectivity index (χ2n) is 7.71. The Balaban J connectivity index is 1.88. The van der Waals surface area contributed by atoms with Crippen molar-refractivity contribution in [1.29, 1.82) is 0 Å². The molecule has 7 heteroatoms. The van der Waals surface area contributed by atoms with Crippen molar-refractivity contribution in [2.45, 2.75) is 57.3 Å². The van der Waals surface area contributed by atoms with Crippen molar-refractivity contribution < 1.29 is 22.0 Å². The number of anilines is 1. The van der Waals surface area contributed by atoms with Crippen LogP contribution in [0.4, 0.5) is 10.1 Å². The molecule has 1 amide bonds. The molecule has 0 unspecified atom stereocenters. The van der Waals surface area contributed by atoms with Crippen molar-refractivity contribution in [3.05, 3.63) is 59.1 Å². The summed E-state index contributed by atoms with van der Waals surface area (Å²) in [5, 5.41) is 0.850. The van der Waals surface area contributed by atoms with Gasteiger partial charge >= 0.3 is 0 Å². The summed E-state index contributed by atoms with van der Waals surface area (Å²) in [6, 6.07) is 8.52. The third-order valence-electron chi connectivity index (χ3n) is 5.52. The standard InChI is InChI=1S/C23H24FNO4S/c1-3-6-23(26)25(30(27,28)22-12-9-16(24)13-15(22)2)17-10-11-21-19(14-17)18-7-4-5-8-20(18)29-21/h9-14H,3-8H2,1-2H3. The molecule has 0 aliphatic heterocycles. The number of carbonyl (C=O) groups excluding carboxylic acids is 1. The van der Waals surface area contributed by atoms with Gasteiger partial charge in [0.2, 0.25) is 5.91 Å². The summed E-state index contributed by atoms with van der Waals surface area (Å²) < 4.78 is 47.4. The van der Waals surface area contributed by atoms with E-state index in [0.29, 0.717) is 12.0 Å². The van der Waals surface area contributed by atoms with Crippen molar-refractivity contribution in [2.24, 2.45) is 0 Å². The number of amides is 1. The summed E-state index contributed by atoms with van der Waals surface area (Å²) in [4.78, 5) is 12.9. The number of benzene rings is 2. The molecule has 0 N–H and O–H groups in total. The van der Waals surface area contributed by atoms with Crippen molar-refractivity contribution in [2.75, 3.05) is 4.31 Å². The maximum Gasteiger partial charge on any atom is 0.271 e. The molecule has 1 heterocycles. The highest BCUT2D eigenvalue weighted by molar-refractivity contribution is 7.93. The van der Waals surface area contributed by atoms with Crippen LogP contribution in [0.25, 0.3) is 11.0 Å². The first kappa shape index (κ1) is 20.6. The number of rotatable bonds is 5. The average molecular weight is 430 g/mol. The zero-order chi connectivity index (χ0) is 21.5. The molecule has 0 saturated carbocycles. The zero-order valence-corrected chi connectivity index (χ0v) is 17.9. The van der Waals surface area contributed by atoms with Crippen LogP contribution >= 0.6 is 0 Å². The van der Waals surface area contributed by atoms with Crippen LogP contribution in [0.3, 0.4) is 0 Å². The zero-order valence-electron chi connectivity index (χ0n) is 17.1. The van der Waals surface area contributed by atoms with E-state index in [4.69, 9.17) is 4.42 Å². The van der Waals surface area contributed by atoms with E-state index in [9.17, 15) is 17.6 Å². The second kappa shape index (κ2) is 7.87. The van der Waals surface area contributed by atoms with Crippen LogP contribution < -0.4 is 4.31 Å². The molecule has 0 bridgehead atoms. The SMILES string of the molecule is CCCC(=O)N(c1ccc2oc3c(c2c1)CCCC3)S(=O)(=O)c1ccc(F)cc1C. The minimum atomic E-state index is -4.21. The third kappa shape index (κ3) is 3.51. The first-order valence-corrected chi connectivity index (χ1v) is 11.7. The molecule has 4 rings (SSSR count). The molecule has 1 aliphatic carbocycles. The summed E-state index contributed by atoms with van der Waals surface area (Å²) in [7, 11) is -4.21. The van der Waals surface area contributed by atoms with Crippen molar-refractivity contribution in [3.8, 4) is 0 Å². The monoisotopic (exact) mass is 429 g/mol. The molecule has 0 fully saturated rings. The Kier molecular flexibility index (Phi) is 5.40. The predicted octanol–water partition coefficient (Wildman–Crippen LogP) is 5.28. The van der Waals surface area contributed by atoms with Gasteiger partial charge in [-0.2, -0.15) is 0 Å². The van der Waals surface area contributed by atoms with Crippen LogP contribution in [-0.2, 0) is 27.7 Å². The normalized spacial score (nSPS) is 14.0. The van der Waals surface area contributed by atoms with Gasteiger partial charge in [0.1, 0.15) is 17.2 Å². The molecule has 0 spiro atoms. The molecule has 0 radical (unpaired) electrons. The van der Waals surface area contributed by atoms with Crippen molar-refractivity contribution in [1.82, 2.24) is 0 Å². The molecule has 158 valence electrons. The van der Waals surface area contributed by atoms with Crippen molar-refractivity contribution in [3.63, 3.8) is 0 Å². The minimum absolute atomic E-state index is 0.0809. The van der Waals surface area contributed by atoms with E-state index in [2.05, 4.69) is 0 Å². The average Bonchev–Trinajstić information content (AvgIpc) is 3.06. The lowest BCUT2D eigenvalue weighted by molar-refractivity contribution is -0.117. The fourth-order valence-electron chi connectivity index (χ4n) is 4.11. The highest BCUT2D eigenvalue weighted by atomic mass is 32.2. The number of furan rings is 1. The van der Waals surface area contributed by atoms with Gasteiger partial charge in [-0.15, -0.1) is 0 Å². The summed E-state index contributed by atoms with van der Waals surface area (Å²) >= 11 is 0. The van der Waals surface area contributed by atoms with E-state index in [1.807, 2.05) is 6.92 Å². The highest BCUT2D eigenvalue weighted by Crippen LogP contribution is 2.36. The van der Waals surface area contributed by atoms with E-state index in [0.717, 1.165) is 58.8 Å². The molecule has 1 aliphatic rings. The maximum absolute atomic E-state index is 13.6. The maximum atomic E-state index is 13.6. The number of sulfonamides is 1. The fourth-order valence-corrected chi connectivity index (χ4v) is 5.76. The Morgan fingerprint density at radius 1 is 1.13 bits per heavy atom. The predicted molar refractivity (Wildman–Crippen MR) is 114 cm³/mol. The van der Waals surface area contributed by atoms with E-state index in [1.165, 1.54) is 13.0 Å². The van der Waals surface area contributed by atoms with Gasteiger partial charge < -0.3 is 4.42 Å². The van der Waals surface area contributed by atoms with Crippen LogP contribution in [0, 0.1) is 12.7 Å². The van der Waals surface area contributed by atoms with E-state index in [1.54, 1.807) is 18.2 Å². The van der Waals surface area contributed by atoms with Crippen LogP contribution in [0.15, 0.2) is 45.7 Å².